The van der Waals surface area contributed by atoms with Gasteiger partial charge in [0.05, 0.1) is 0 Å². The van der Waals surface area contributed by atoms with Crippen molar-refractivity contribution in [3.63, 3.8) is 0 Å². The molecule has 4 N–H and O–H groups in total. The summed E-state index contributed by atoms with van der Waals surface area (Å²) in [5.41, 5.74) is 8.51. The number of benzene rings is 2. The van der Waals surface area contributed by atoms with Crippen molar-refractivity contribution in [2.45, 2.75) is 20.3 Å². The number of aryl methyl sites for hydroxylation is 2. The molecule has 0 aliphatic carbocycles. The topological polar surface area (TPSA) is 101 Å². The van der Waals surface area contributed by atoms with E-state index in [-0.39, 0.29) is 24.8 Å². The number of hydrogen-bond acceptors (Lipinski definition) is 3. The van der Waals surface area contributed by atoms with Gasteiger partial charge >= 0.3 is 0 Å². The maximum absolute atomic E-state index is 12.4. The van der Waals surface area contributed by atoms with Crippen LogP contribution in [0.1, 0.15) is 38.3 Å². The molecule has 0 radical (unpaired) electrons. The standard InChI is InChI=1S/C19H21N3O3/c1-12-6-7-16(13(2)10-12)19(25)22-15-5-3-4-14(11-15)18(24)21-9-8-17(20)23/h3-7,10-11H,8-9H2,1-2H3,(H2,20,23)(H,21,24)(H,22,25). The molecule has 2 rings (SSSR count). The maximum atomic E-state index is 12.4. The largest absolute Gasteiger partial charge is 0.370 e. The molecule has 0 aliphatic rings. The molecule has 0 atom stereocenters. The number of primary amides is 1. The van der Waals surface area contributed by atoms with Crippen LogP contribution in [0.4, 0.5) is 5.69 Å². The molecule has 0 unspecified atom stereocenters. The first-order chi connectivity index (χ1) is 11.9. The molecule has 0 aromatic heterocycles. The fourth-order valence-corrected chi connectivity index (χ4v) is 2.41. The van der Waals surface area contributed by atoms with Crippen molar-refractivity contribution in [1.82, 2.24) is 5.32 Å². The van der Waals surface area contributed by atoms with Gasteiger partial charge in [-0.3, -0.25) is 14.4 Å². The SMILES string of the molecule is Cc1ccc(C(=O)Nc2cccc(C(=O)NCCC(N)=O)c2)c(C)c1. The minimum Gasteiger partial charge on any atom is -0.370 e. The Hall–Kier alpha value is -3.15. The van der Waals surface area contributed by atoms with Crippen molar-refractivity contribution in [2.24, 2.45) is 5.73 Å². The van der Waals surface area contributed by atoms with Crippen LogP contribution in [0.3, 0.4) is 0 Å². The summed E-state index contributed by atoms with van der Waals surface area (Å²) in [5.74, 6) is -1.04. The number of carbonyl (C=O) groups is 3. The molecular formula is C19H21N3O3. The van der Waals surface area contributed by atoms with Gasteiger partial charge in [0.2, 0.25) is 5.91 Å². The Kier molecular flexibility index (Phi) is 5.89. The van der Waals surface area contributed by atoms with Crippen LogP contribution < -0.4 is 16.4 Å². The van der Waals surface area contributed by atoms with E-state index in [9.17, 15) is 14.4 Å². The molecule has 0 bridgehead atoms. The molecule has 25 heavy (non-hydrogen) atoms. The summed E-state index contributed by atoms with van der Waals surface area (Å²) in [4.78, 5) is 35.2. The Labute approximate surface area is 146 Å². The van der Waals surface area contributed by atoms with Crippen molar-refractivity contribution in [3.05, 3.63) is 64.7 Å². The first kappa shape index (κ1) is 18.2. The number of carbonyl (C=O) groups excluding carboxylic acids is 3. The quantitative estimate of drug-likeness (QED) is 0.751. The molecule has 0 saturated carbocycles. The zero-order chi connectivity index (χ0) is 18.4. The number of nitrogens with one attached hydrogen (secondary N) is 2. The molecule has 6 heteroatoms. The molecule has 2 aromatic carbocycles. The molecule has 2 aromatic rings. The van der Waals surface area contributed by atoms with Gasteiger partial charge in [0.15, 0.2) is 0 Å². The first-order valence-corrected chi connectivity index (χ1v) is 7.92. The van der Waals surface area contributed by atoms with E-state index >= 15 is 0 Å². The zero-order valence-electron chi connectivity index (χ0n) is 14.3. The average Bonchev–Trinajstić information content (AvgIpc) is 2.54. The van der Waals surface area contributed by atoms with Crippen molar-refractivity contribution >= 4 is 23.4 Å². The molecule has 0 fully saturated rings. The van der Waals surface area contributed by atoms with E-state index in [0.717, 1.165) is 11.1 Å². The molecule has 6 nitrogen and oxygen atoms in total. The molecular weight excluding hydrogens is 318 g/mol. The second-order valence-corrected chi connectivity index (χ2v) is 5.83. The predicted molar refractivity (Wildman–Crippen MR) is 96.5 cm³/mol. The smallest absolute Gasteiger partial charge is 0.255 e. The second-order valence-electron chi connectivity index (χ2n) is 5.83. The molecule has 0 saturated heterocycles. The third kappa shape index (κ3) is 5.17. The molecule has 130 valence electrons. The van der Waals surface area contributed by atoms with E-state index in [2.05, 4.69) is 10.6 Å². The summed E-state index contributed by atoms with van der Waals surface area (Å²) in [7, 11) is 0. The third-order valence-electron chi connectivity index (χ3n) is 3.67. The number of amides is 3. The Morgan fingerprint density at radius 1 is 1.00 bits per heavy atom. The van der Waals surface area contributed by atoms with Crippen molar-refractivity contribution < 1.29 is 14.4 Å². The monoisotopic (exact) mass is 339 g/mol. The van der Waals surface area contributed by atoms with E-state index in [4.69, 9.17) is 5.73 Å². The highest BCUT2D eigenvalue weighted by molar-refractivity contribution is 6.06. The van der Waals surface area contributed by atoms with Gasteiger partial charge in [-0.25, -0.2) is 0 Å². The lowest BCUT2D eigenvalue weighted by Crippen LogP contribution is -2.27. The molecule has 0 spiro atoms. The first-order valence-electron chi connectivity index (χ1n) is 7.92. The predicted octanol–water partition coefficient (Wildman–Crippen LogP) is 2.16. The van der Waals surface area contributed by atoms with Crippen molar-refractivity contribution in [3.8, 4) is 0 Å². The zero-order valence-corrected chi connectivity index (χ0v) is 14.3. The van der Waals surface area contributed by atoms with Crippen LogP contribution >= 0.6 is 0 Å². The molecule has 3 amide bonds. The summed E-state index contributed by atoms with van der Waals surface area (Å²) >= 11 is 0. The Morgan fingerprint density at radius 3 is 2.44 bits per heavy atom. The van der Waals surface area contributed by atoms with Crippen molar-refractivity contribution in [1.29, 1.82) is 0 Å². The van der Waals surface area contributed by atoms with E-state index in [1.54, 1.807) is 30.3 Å². The van der Waals surface area contributed by atoms with Crippen LogP contribution in [0.5, 0.6) is 0 Å². The minimum atomic E-state index is -0.477. The number of anilines is 1. The number of rotatable bonds is 6. The van der Waals surface area contributed by atoms with Crippen LogP contribution in [-0.4, -0.2) is 24.3 Å². The van der Waals surface area contributed by atoms with Gasteiger partial charge in [-0.1, -0.05) is 23.8 Å². The highest BCUT2D eigenvalue weighted by atomic mass is 16.2. The Balaban J connectivity index is 2.06. The summed E-state index contributed by atoms with van der Waals surface area (Å²) < 4.78 is 0. The summed E-state index contributed by atoms with van der Waals surface area (Å²) in [6.07, 6.45) is 0.0782. The lowest BCUT2D eigenvalue weighted by molar-refractivity contribution is -0.117. The van der Waals surface area contributed by atoms with E-state index in [0.29, 0.717) is 16.8 Å². The number of hydrogen-bond donors (Lipinski definition) is 3. The number of nitrogens with two attached hydrogens (primary N) is 1. The van der Waals surface area contributed by atoms with Crippen LogP contribution in [0.2, 0.25) is 0 Å². The van der Waals surface area contributed by atoms with Gasteiger partial charge in [0, 0.05) is 29.8 Å². The Morgan fingerprint density at radius 2 is 1.76 bits per heavy atom. The summed E-state index contributed by atoms with van der Waals surface area (Å²) in [6, 6.07) is 12.2. The molecule has 0 aliphatic heterocycles. The van der Waals surface area contributed by atoms with E-state index in [1.165, 1.54) is 0 Å². The van der Waals surface area contributed by atoms with E-state index in [1.807, 2.05) is 26.0 Å². The Bertz CT molecular complexity index is 815. The second kappa shape index (κ2) is 8.10. The normalized spacial score (nSPS) is 10.2. The van der Waals surface area contributed by atoms with Gasteiger partial charge in [-0.2, -0.15) is 0 Å². The maximum Gasteiger partial charge on any atom is 0.255 e. The summed E-state index contributed by atoms with van der Waals surface area (Å²) in [5, 5.41) is 5.40. The third-order valence-corrected chi connectivity index (χ3v) is 3.67. The fraction of sp³-hybridized carbons (Fsp3) is 0.211. The highest BCUT2D eigenvalue weighted by Crippen LogP contribution is 2.15. The van der Waals surface area contributed by atoms with Crippen LogP contribution in [-0.2, 0) is 4.79 Å². The van der Waals surface area contributed by atoms with Crippen LogP contribution in [0.15, 0.2) is 42.5 Å². The highest BCUT2D eigenvalue weighted by Gasteiger charge is 2.11. The minimum absolute atomic E-state index is 0.0782. The van der Waals surface area contributed by atoms with Crippen LogP contribution in [0.25, 0.3) is 0 Å². The summed E-state index contributed by atoms with van der Waals surface area (Å²) in [6.45, 7) is 4.02. The average molecular weight is 339 g/mol. The molecule has 0 heterocycles. The lowest BCUT2D eigenvalue weighted by Gasteiger charge is -2.10. The van der Waals surface area contributed by atoms with Gasteiger partial charge in [-0.15, -0.1) is 0 Å². The van der Waals surface area contributed by atoms with Gasteiger partial charge in [-0.05, 0) is 43.7 Å². The van der Waals surface area contributed by atoms with Gasteiger partial charge < -0.3 is 16.4 Å². The fourth-order valence-electron chi connectivity index (χ4n) is 2.41. The van der Waals surface area contributed by atoms with Gasteiger partial charge in [0.25, 0.3) is 11.8 Å². The van der Waals surface area contributed by atoms with Crippen molar-refractivity contribution in [2.75, 3.05) is 11.9 Å². The lowest BCUT2D eigenvalue weighted by atomic mass is 10.0. The van der Waals surface area contributed by atoms with Gasteiger partial charge in [0.1, 0.15) is 0 Å². The van der Waals surface area contributed by atoms with E-state index < -0.39 is 5.91 Å². The van der Waals surface area contributed by atoms with Crippen LogP contribution in [0, 0.1) is 13.8 Å².